The summed E-state index contributed by atoms with van der Waals surface area (Å²) in [7, 11) is -3.34. The predicted molar refractivity (Wildman–Crippen MR) is 113 cm³/mol. The number of para-hydroxylation sites is 1. The zero-order chi connectivity index (χ0) is 22.4. The van der Waals surface area contributed by atoms with Crippen molar-refractivity contribution in [3.8, 4) is 22.4 Å². The van der Waals surface area contributed by atoms with Crippen LogP contribution in [0.15, 0.2) is 71.6 Å². The molecular weight excluding hydrogens is 425 g/mol. The molecule has 4 rings (SSSR count). The zero-order valence-corrected chi connectivity index (χ0v) is 17.4. The second-order valence-corrected chi connectivity index (χ2v) is 9.22. The van der Waals surface area contributed by atoms with Gasteiger partial charge in [-0.2, -0.15) is 13.2 Å². The van der Waals surface area contributed by atoms with Gasteiger partial charge in [-0.05, 0) is 42.3 Å². The Morgan fingerprint density at radius 1 is 0.806 bits per heavy atom. The minimum atomic E-state index is -4.53. The quantitative estimate of drug-likeness (QED) is 0.409. The Morgan fingerprint density at radius 3 is 2.10 bits per heavy atom. The fraction of sp³-hybridized carbons (Fsp3) is 0.130. The molecule has 158 valence electrons. The van der Waals surface area contributed by atoms with Crippen molar-refractivity contribution in [1.29, 1.82) is 0 Å². The van der Waals surface area contributed by atoms with Crippen LogP contribution in [0.3, 0.4) is 0 Å². The number of nitrogens with zero attached hydrogens (tertiary/aromatic N) is 2. The highest BCUT2D eigenvalue weighted by atomic mass is 32.2. The number of fused-ring (bicyclic) bond motifs is 1. The summed E-state index contributed by atoms with van der Waals surface area (Å²) < 4.78 is 63.8. The number of halogens is 3. The van der Waals surface area contributed by atoms with Crippen LogP contribution in [-0.2, 0) is 16.0 Å². The highest BCUT2D eigenvalue weighted by molar-refractivity contribution is 7.90. The molecular formula is C23H17F3N2O2S. The first-order chi connectivity index (χ1) is 14.5. The lowest BCUT2D eigenvalue weighted by Gasteiger charge is -2.12. The van der Waals surface area contributed by atoms with E-state index in [4.69, 9.17) is 0 Å². The molecule has 8 heteroatoms. The number of benzene rings is 3. The average molecular weight is 442 g/mol. The number of alkyl halides is 3. The van der Waals surface area contributed by atoms with E-state index in [2.05, 4.69) is 9.97 Å². The molecule has 0 radical (unpaired) electrons. The second kappa shape index (κ2) is 7.46. The summed E-state index contributed by atoms with van der Waals surface area (Å²) in [5.74, 6) is 0. The van der Waals surface area contributed by atoms with Gasteiger partial charge in [0.15, 0.2) is 9.84 Å². The van der Waals surface area contributed by atoms with Gasteiger partial charge in [0.05, 0.1) is 27.4 Å². The van der Waals surface area contributed by atoms with E-state index in [1.165, 1.54) is 18.2 Å². The normalized spacial score (nSPS) is 12.3. The summed E-state index contributed by atoms with van der Waals surface area (Å²) in [5.41, 5.74) is 2.15. The van der Waals surface area contributed by atoms with Gasteiger partial charge in [-0.25, -0.2) is 18.4 Å². The van der Waals surface area contributed by atoms with Crippen molar-refractivity contribution in [2.24, 2.45) is 0 Å². The Morgan fingerprint density at radius 2 is 1.45 bits per heavy atom. The second-order valence-electron chi connectivity index (χ2n) is 7.21. The third-order valence-corrected chi connectivity index (χ3v) is 6.04. The van der Waals surface area contributed by atoms with E-state index in [1.54, 1.807) is 49.4 Å². The first kappa shape index (κ1) is 21.0. The van der Waals surface area contributed by atoms with E-state index in [9.17, 15) is 21.6 Å². The Labute approximate surface area is 177 Å². The van der Waals surface area contributed by atoms with E-state index in [-0.39, 0.29) is 15.9 Å². The van der Waals surface area contributed by atoms with Crippen LogP contribution in [0.25, 0.3) is 33.4 Å². The van der Waals surface area contributed by atoms with Crippen molar-refractivity contribution >= 4 is 20.9 Å². The van der Waals surface area contributed by atoms with Gasteiger partial charge in [-0.3, -0.25) is 0 Å². The molecule has 0 aliphatic heterocycles. The lowest BCUT2D eigenvalue weighted by molar-refractivity contribution is -0.136. The zero-order valence-electron chi connectivity index (χ0n) is 16.6. The first-order valence-corrected chi connectivity index (χ1v) is 11.2. The Balaban J connectivity index is 1.79. The maximum atomic E-state index is 13.4. The van der Waals surface area contributed by atoms with Crippen LogP contribution in [0, 0.1) is 6.92 Å². The van der Waals surface area contributed by atoms with Gasteiger partial charge in [0.25, 0.3) is 0 Å². The SMILES string of the molecule is Cc1nc2cccc(C(F)(F)F)c2nc1-c1ccc(-c2cccc(S(C)(=O)=O)c2)cc1. The molecule has 4 aromatic rings. The van der Waals surface area contributed by atoms with E-state index in [0.717, 1.165) is 23.4 Å². The molecule has 0 spiro atoms. The third kappa shape index (κ3) is 4.16. The minimum Gasteiger partial charge on any atom is -0.249 e. The summed E-state index contributed by atoms with van der Waals surface area (Å²) in [6, 6.07) is 17.4. The lowest BCUT2D eigenvalue weighted by Crippen LogP contribution is -2.08. The molecule has 0 saturated carbocycles. The molecule has 0 fully saturated rings. The van der Waals surface area contributed by atoms with Gasteiger partial charge in [0.2, 0.25) is 0 Å². The molecule has 1 aromatic heterocycles. The summed E-state index contributed by atoms with van der Waals surface area (Å²) in [6.45, 7) is 1.70. The first-order valence-electron chi connectivity index (χ1n) is 9.29. The number of aryl methyl sites for hydroxylation is 1. The molecule has 0 aliphatic rings. The standard InChI is InChI=1S/C23H17F3N2O2S/c1-14-21(28-22-19(23(24,25)26)7-4-8-20(22)27-14)16-11-9-15(10-12-16)17-5-3-6-18(13-17)31(2,29)30/h3-13H,1-2H3. The molecule has 0 atom stereocenters. The van der Waals surface area contributed by atoms with Crippen molar-refractivity contribution in [2.75, 3.05) is 6.26 Å². The van der Waals surface area contributed by atoms with Crippen molar-refractivity contribution in [3.63, 3.8) is 0 Å². The van der Waals surface area contributed by atoms with E-state index in [1.807, 2.05) is 0 Å². The Kier molecular flexibility index (Phi) is 5.05. The molecule has 0 N–H and O–H groups in total. The molecule has 0 bridgehead atoms. The summed E-state index contributed by atoms with van der Waals surface area (Å²) in [5, 5.41) is 0. The summed E-state index contributed by atoms with van der Waals surface area (Å²) in [6.07, 6.45) is -3.39. The van der Waals surface area contributed by atoms with Crippen molar-refractivity contribution < 1.29 is 21.6 Å². The number of sulfone groups is 1. The number of hydrogen-bond acceptors (Lipinski definition) is 4. The third-order valence-electron chi connectivity index (χ3n) is 4.93. The van der Waals surface area contributed by atoms with E-state index >= 15 is 0 Å². The van der Waals surface area contributed by atoms with Crippen LogP contribution in [0.2, 0.25) is 0 Å². The largest absolute Gasteiger partial charge is 0.418 e. The molecule has 4 nitrogen and oxygen atoms in total. The van der Waals surface area contributed by atoms with Gasteiger partial charge in [0.1, 0.15) is 5.52 Å². The van der Waals surface area contributed by atoms with Gasteiger partial charge >= 0.3 is 6.18 Å². The maximum absolute atomic E-state index is 13.4. The van der Waals surface area contributed by atoms with Crippen molar-refractivity contribution in [2.45, 2.75) is 18.0 Å². The number of rotatable bonds is 3. The van der Waals surface area contributed by atoms with Gasteiger partial charge < -0.3 is 0 Å². The lowest BCUT2D eigenvalue weighted by atomic mass is 10.0. The predicted octanol–water partition coefficient (Wildman–Crippen LogP) is 5.69. The molecule has 1 heterocycles. The maximum Gasteiger partial charge on any atom is 0.418 e. The molecule has 3 aromatic carbocycles. The van der Waals surface area contributed by atoms with Crippen LogP contribution in [-0.4, -0.2) is 24.6 Å². The van der Waals surface area contributed by atoms with Crippen LogP contribution < -0.4 is 0 Å². The van der Waals surface area contributed by atoms with Crippen LogP contribution in [0.1, 0.15) is 11.3 Å². The van der Waals surface area contributed by atoms with Crippen LogP contribution in [0.5, 0.6) is 0 Å². The highest BCUT2D eigenvalue weighted by Crippen LogP contribution is 2.35. The van der Waals surface area contributed by atoms with E-state index in [0.29, 0.717) is 17.0 Å². The highest BCUT2D eigenvalue weighted by Gasteiger charge is 2.33. The smallest absolute Gasteiger partial charge is 0.249 e. The van der Waals surface area contributed by atoms with Gasteiger partial charge in [-0.15, -0.1) is 0 Å². The van der Waals surface area contributed by atoms with Crippen LogP contribution >= 0.6 is 0 Å². The summed E-state index contributed by atoms with van der Waals surface area (Å²) >= 11 is 0. The Bertz CT molecular complexity index is 1400. The fourth-order valence-corrected chi connectivity index (χ4v) is 4.06. The van der Waals surface area contributed by atoms with Crippen molar-refractivity contribution in [1.82, 2.24) is 9.97 Å². The Hall–Kier alpha value is -3.26. The summed E-state index contributed by atoms with van der Waals surface area (Å²) in [4.78, 5) is 8.83. The average Bonchev–Trinajstić information content (AvgIpc) is 2.72. The fourth-order valence-electron chi connectivity index (χ4n) is 3.39. The van der Waals surface area contributed by atoms with Gasteiger partial charge in [0, 0.05) is 11.8 Å². The van der Waals surface area contributed by atoms with Crippen molar-refractivity contribution in [3.05, 3.63) is 78.0 Å². The minimum absolute atomic E-state index is 0.185. The molecule has 0 unspecified atom stereocenters. The monoisotopic (exact) mass is 442 g/mol. The topological polar surface area (TPSA) is 59.9 Å². The van der Waals surface area contributed by atoms with E-state index < -0.39 is 21.6 Å². The molecule has 0 saturated heterocycles. The van der Waals surface area contributed by atoms with Gasteiger partial charge in [-0.1, -0.05) is 42.5 Å². The van der Waals surface area contributed by atoms with Crippen LogP contribution in [0.4, 0.5) is 13.2 Å². The number of aromatic nitrogens is 2. The molecule has 31 heavy (non-hydrogen) atoms. The molecule has 0 aliphatic carbocycles. The number of hydrogen-bond donors (Lipinski definition) is 0. The molecule has 0 amide bonds.